The molecule has 1 saturated heterocycles. The summed E-state index contributed by atoms with van der Waals surface area (Å²) < 4.78 is 22.4. The Morgan fingerprint density at radius 1 is 1.06 bits per heavy atom. The lowest BCUT2D eigenvalue weighted by Gasteiger charge is -2.17. The molecule has 0 bridgehead atoms. The molecule has 1 fully saturated rings. The Hall–Kier alpha value is -2.93. The largest absolute Gasteiger partial charge is 0.497 e. The SMILES string of the molecule is CCNC(=NCc1ccc(OC)cc1OC)NCc1ccc(C)cc1OCC1CCOC1. The molecule has 0 amide bonds. The Kier molecular flexibility index (Phi) is 9.04. The van der Waals surface area contributed by atoms with Gasteiger partial charge in [-0.05, 0) is 44.0 Å². The molecule has 32 heavy (non-hydrogen) atoms. The zero-order valence-corrected chi connectivity index (χ0v) is 19.6. The summed E-state index contributed by atoms with van der Waals surface area (Å²) in [5.74, 6) is 3.64. The Morgan fingerprint density at radius 2 is 1.91 bits per heavy atom. The molecule has 3 rings (SSSR count). The second-order valence-corrected chi connectivity index (χ2v) is 7.88. The van der Waals surface area contributed by atoms with Crippen LogP contribution in [-0.4, -0.2) is 46.5 Å². The van der Waals surface area contributed by atoms with Crippen LogP contribution >= 0.6 is 0 Å². The van der Waals surface area contributed by atoms with Crippen LogP contribution < -0.4 is 24.8 Å². The molecule has 1 heterocycles. The molecule has 2 aromatic rings. The van der Waals surface area contributed by atoms with Crippen molar-refractivity contribution in [2.24, 2.45) is 10.9 Å². The van der Waals surface area contributed by atoms with E-state index in [4.69, 9.17) is 23.9 Å². The zero-order chi connectivity index (χ0) is 22.8. The van der Waals surface area contributed by atoms with Crippen LogP contribution in [0.2, 0.25) is 0 Å². The van der Waals surface area contributed by atoms with Crippen molar-refractivity contribution in [3.63, 3.8) is 0 Å². The Balaban J connectivity index is 1.66. The molecule has 7 heteroatoms. The minimum atomic E-state index is 0.467. The van der Waals surface area contributed by atoms with E-state index in [2.05, 4.69) is 42.7 Å². The summed E-state index contributed by atoms with van der Waals surface area (Å²) in [6, 6.07) is 12.1. The number of hydrogen-bond acceptors (Lipinski definition) is 5. The van der Waals surface area contributed by atoms with Crippen LogP contribution in [0.4, 0.5) is 0 Å². The van der Waals surface area contributed by atoms with Crippen molar-refractivity contribution < 1.29 is 18.9 Å². The molecule has 0 saturated carbocycles. The van der Waals surface area contributed by atoms with Gasteiger partial charge < -0.3 is 29.6 Å². The van der Waals surface area contributed by atoms with Crippen LogP contribution in [-0.2, 0) is 17.8 Å². The molecule has 1 atom stereocenters. The molecule has 2 N–H and O–H groups in total. The van der Waals surface area contributed by atoms with E-state index in [1.807, 2.05) is 18.2 Å². The third-order valence-electron chi connectivity index (χ3n) is 5.41. The average Bonchev–Trinajstić information content (AvgIpc) is 3.34. The fourth-order valence-electron chi connectivity index (χ4n) is 3.53. The number of benzene rings is 2. The molecular weight excluding hydrogens is 406 g/mol. The zero-order valence-electron chi connectivity index (χ0n) is 19.6. The van der Waals surface area contributed by atoms with Crippen molar-refractivity contribution in [2.75, 3.05) is 40.6 Å². The first-order valence-electron chi connectivity index (χ1n) is 11.2. The van der Waals surface area contributed by atoms with Gasteiger partial charge in [-0.15, -0.1) is 0 Å². The minimum absolute atomic E-state index is 0.467. The van der Waals surface area contributed by atoms with Gasteiger partial charge >= 0.3 is 0 Å². The normalized spacial score (nSPS) is 16.0. The fourth-order valence-corrected chi connectivity index (χ4v) is 3.53. The van der Waals surface area contributed by atoms with E-state index in [-0.39, 0.29) is 0 Å². The minimum Gasteiger partial charge on any atom is -0.497 e. The van der Waals surface area contributed by atoms with E-state index in [1.165, 1.54) is 5.56 Å². The lowest BCUT2D eigenvalue weighted by atomic mass is 10.1. The first-order valence-corrected chi connectivity index (χ1v) is 11.2. The van der Waals surface area contributed by atoms with E-state index in [0.29, 0.717) is 25.6 Å². The summed E-state index contributed by atoms with van der Waals surface area (Å²) in [5, 5.41) is 6.73. The van der Waals surface area contributed by atoms with Gasteiger partial charge in [-0.2, -0.15) is 0 Å². The Morgan fingerprint density at radius 3 is 2.62 bits per heavy atom. The molecule has 0 radical (unpaired) electrons. The molecule has 1 unspecified atom stereocenters. The summed E-state index contributed by atoms with van der Waals surface area (Å²) in [6.45, 7) is 8.30. The molecule has 174 valence electrons. The number of ether oxygens (including phenoxy) is 4. The van der Waals surface area contributed by atoms with Gasteiger partial charge in [0, 0.05) is 42.8 Å². The average molecular weight is 442 g/mol. The van der Waals surface area contributed by atoms with Crippen LogP contribution in [0.25, 0.3) is 0 Å². The highest BCUT2D eigenvalue weighted by molar-refractivity contribution is 5.79. The predicted molar refractivity (Wildman–Crippen MR) is 127 cm³/mol. The van der Waals surface area contributed by atoms with Crippen molar-refractivity contribution in [3.05, 3.63) is 53.1 Å². The standard InChI is InChI=1S/C25H35N3O4/c1-5-26-25(27-14-20-8-9-22(29-3)13-23(20)30-4)28-15-21-7-6-18(2)12-24(21)32-17-19-10-11-31-16-19/h6-9,12-13,19H,5,10-11,14-17H2,1-4H3,(H2,26,27,28). The quantitative estimate of drug-likeness (QED) is 0.433. The number of hydrogen-bond donors (Lipinski definition) is 2. The maximum absolute atomic E-state index is 6.17. The van der Waals surface area contributed by atoms with Gasteiger partial charge in [0.1, 0.15) is 17.2 Å². The van der Waals surface area contributed by atoms with Crippen molar-refractivity contribution in [1.29, 1.82) is 0 Å². The lowest BCUT2D eigenvalue weighted by molar-refractivity contribution is 0.166. The molecular formula is C25H35N3O4. The fraction of sp³-hybridized carbons (Fsp3) is 0.480. The summed E-state index contributed by atoms with van der Waals surface area (Å²) in [4.78, 5) is 4.74. The maximum Gasteiger partial charge on any atom is 0.191 e. The number of aliphatic imine (C=N–C) groups is 1. The summed E-state index contributed by atoms with van der Waals surface area (Å²) >= 11 is 0. The van der Waals surface area contributed by atoms with E-state index >= 15 is 0 Å². The number of methoxy groups -OCH3 is 2. The van der Waals surface area contributed by atoms with Crippen molar-refractivity contribution >= 4 is 5.96 Å². The highest BCUT2D eigenvalue weighted by atomic mass is 16.5. The molecule has 0 spiro atoms. The van der Waals surface area contributed by atoms with Crippen LogP contribution in [0.15, 0.2) is 41.4 Å². The molecule has 7 nitrogen and oxygen atoms in total. The Bertz CT molecular complexity index is 895. The third-order valence-corrected chi connectivity index (χ3v) is 5.41. The highest BCUT2D eigenvalue weighted by Crippen LogP contribution is 2.25. The number of guanidine groups is 1. The summed E-state index contributed by atoms with van der Waals surface area (Å²) in [5.41, 5.74) is 3.27. The van der Waals surface area contributed by atoms with Crippen molar-refractivity contribution in [3.8, 4) is 17.2 Å². The van der Waals surface area contributed by atoms with Gasteiger partial charge in [-0.3, -0.25) is 0 Å². The smallest absolute Gasteiger partial charge is 0.191 e. The highest BCUT2D eigenvalue weighted by Gasteiger charge is 2.17. The van der Waals surface area contributed by atoms with Gasteiger partial charge in [-0.25, -0.2) is 4.99 Å². The third kappa shape index (κ3) is 6.79. The number of aryl methyl sites for hydroxylation is 1. The van der Waals surface area contributed by atoms with Crippen LogP contribution in [0.3, 0.4) is 0 Å². The summed E-state index contributed by atoms with van der Waals surface area (Å²) in [6.07, 6.45) is 1.06. The molecule has 2 aromatic carbocycles. The van der Waals surface area contributed by atoms with Crippen molar-refractivity contribution in [1.82, 2.24) is 10.6 Å². The van der Waals surface area contributed by atoms with E-state index in [9.17, 15) is 0 Å². The van der Waals surface area contributed by atoms with Gasteiger partial charge in [0.05, 0.1) is 34.0 Å². The van der Waals surface area contributed by atoms with Crippen LogP contribution in [0.5, 0.6) is 17.2 Å². The van der Waals surface area contributed by atoms with Crippen LogP contribution in [0, 0.1) is 12.8 Å². The molecule has 0 aromatic heterocycles. The second-order valence-electron chi connectivity index (χ2n) is 7.88. The maximum atomic E-state index is 6.17. The predicted octanol–water partition coefficient (Wildman–Crippen LogP) is 3.68. The van der Waals surface area contributed by atoms with Gasteiger partial charge in [-0.1, -0.05) is 12.1 Å². The van der Waals surface area contributed by atoms with Gasteiger partial charge in [0.25, 0.3) is 0 Å². The topological polar surface area (TPSA) is 73.3 Å². The van der Waals surface area contributed by atoms with E-state index in [1.54, 1.807) is 14.2 Å². The lowest BCUT2D eigenvalue weighted by Crippen LogP contribution is -2.36. The number of rotatable bonds is 10. The summed E-state index contributed by atoms with van der Waals surface area (Å²) in [7, 11) is 3.30. The molecule has 0 aliphatic carbocycles. The van der Waals surface area contributed by atoms with Gasteiger partial charge in [0.2, 0.25) is 0 Å². The molecule has 1 aliphatic rings. The monoisotopic (exact) mass is 441 g/mol. The van der Waals surface area contributed by atoms with E-state index in [0.717, 1.165) is 60.5 Å². The van der Waals surface area contributed by atoms with Crippen molar-refractivity contribution in [2.45, 2.75) is 33.4 Å². The Labute approximate surface area is 191 Å². The van der Waals surface area contributed by atoms with Gasteiger partial charge in [0.15, 0.2) is 5.96 Å². The molecule has 1 aliphatic heterocycles. The first kappa shape index (κ1) is 23.7. The first-order chi connectivity index (χ1) is 15.6. The number of nitrogens with zero attached hydrogens (tertiary/aromatic N) is 1. The van der Waals surface area contributed by atoms with Crippen LogP contribution in [0.1, 0.15) is 30.0 Å². The second kappa shape index (κ2) is 12.2. The number of nitrogens with one attached hydrogen (secondary N) is 2. The van der Waals surface area contributed by atoms with E-state index < -0.39 is 0 Å².